The SMILES string of the molecule is O=C(CC1(NC(=O)OCC2c3ccccc3-c3ccccc32)CCC1)Nc1ccccc1C(=O)O. The minimum atomic E-state index is -1.11. The number of amides is 2. The number of hydrogen-bond donors (Lipinski definition) is 3. The van der Waals surface area contributed by atoms with Crippen LogP contribution in [0.2, 0.25) is 0 Å². The number of rotatable bonds is 7. The molecule has 2 aliphatic carbocycles. The summed E-state index contributed by atoms with van der Waals surface area (Å²) in [6.45, 7) is 0.203. The van der Waals surface area contributed by atoms with Crippen LogP contribution < -0.4 is 10.6 Å². The summed E-state index contributed by atoms with van der Waals surface area (Å²) in [4.78, 5) is 36.9. The number of para-hydroxylation sites is 1. The fraction of sp³-hybridized carbons (Fsp3) is 0.250. The number of nitrogens with one attached hydrogen (secondary N) is 2. The van der Waals surface area contributed by atoms with Crippen LogP contribution in [0.3, 0.4) is 0 Å². The maximum Gasteiger partial charge on any atom is 0.407 e. The van der Waals surface area contributed by atoms with E-state index in [1.54, 1.807) is 18.2 Å². The molecule has 2 aliphatic rings. The highest BCUT2D eigenvalue weighted by molar-refractivity contribution is 6.00. The van der Waals surface area contributed by atoms with Gasteiger partial charge < -0.3 is 20.5 Å². The molecule has 1 fully saturated rings. The Labute approximate surface area is 203 Å². The van der Waals surface area contributed by atoms with Gasteiger partial charge in [-0.05, 0) is 53.6 Å². The van der Waals surface area contributed by atoms with Gasteiger partial charge >= 0.3 is 12.1 Å². The predicted octanol–water partition coefficient (Wildman–Crippen LogP) is 5.17. The Morgan fingerprint density at radius 1 is 0.886 bits per heavy atom. The minimum absolute atomic E-state index is 0.0213. The molecule has 0 heterocycles. The highest BCUT2D eigenvalue weighted by Crippen LogP contribution is 2.44. The molecule has 0 spiro atoms. The number of anilines is 1. The molecule has 3 aromatic rings. The van der Waals surface area contributed by atoms with Gasteiger partial charge in [-0.15, -0.1) is 0 Å². The molecule has 7 nitrogen and oxygen atoms in total. The summed E-state index contributed by atoms with van der Waals surface area (Å²) in [7, 11) is 0. The number of fused-ring (bicyclic) bond motifs is 3. The van der Waals surface area contributed by atoms with Crippen LogP contribution in [0, 0.1) is 0 Å². The van der Waals surface area contributed by atoms with Crippen molar-refractivity contribution in [1.82, 2.24) is 5.32 Å². The number of hydrogen-bond acceptors (Lipinski definition) is 4. The molecule has 1 saturated carbocycles. The molecular weight excluding hydrogens is 444 g/mol. The first-order chi connectivity index (χ1) is 17.0. The van der Waals surface area contributed by atoms with Gasteiger partial charge in [0.2, 0.25) is 5.91 Å². The van der Waals surface area contributed by atoms with E-state index in [-0.39, 0.29) is 36.1 Å². The van der Waals surface area contributed by atoms with E-state index in [4.69, 9.17) is 4.74 Å². The average Bonchev–Trinajstić information content (AvgIpc) is 3.15. The van der Waals surface area contributed by atoms with Crippen molar-refractivity contribution in [3.05, 3.63) is 89.5 Å². The second kappa shape index (κ2) is 9.25. The minimum Gasteiger partial charge on any atom is -0.478 e. The molecule has 5 rings (SSSR count). The van der Waals surface area contributed by atoms with Crippen molar-refractivity contribution < 1.29 is 24.2 Å². The summed E-state index contributed by atoms with van der Waals surface area (Å²) in [5, 5.41) is 14.9. The Kier molecular flexibility index (Phi) is 5.99. The maximum atomic E-state index is 12.8. The van der Waals surface area contributed by atoms with Crippen molar-refractivity contribution in [2.75, 3.05) is 11.9 Å². The van der Waals surface area contributed by atoms with E-state index in [1.807, 2.05) is 24.3 Å². The number of carbonyl (C=O) groups is 3. The number of benzene rings is 3. The molecule has 3 aromatic carbocycles. The summed E-state index contributed by atoms with van der Waals surface area (Å²) < 4.78 is 5.66. The lowest BCUT2D eigenvalue weighted by atomic mass is 9.74. The Bertz CT molecular complexity index is 1250. The normalized spacial score (nSPS) is 15.3. The van der Waals surface area contributed by atoms with Gasteiger partial charge in [0.1, 0.15) is 6.61 Å². The van der Waals surface area contributed by atoms with Crippen LogP contribution in [0.25, 0.3) is 11.1 Å². The van der Waals surface area contributed by atoms with Crippen LogP contribution in [0.5, 0.6) is 0 Å². The molecule has 0 aliphatic heterocycles. The quantitative estimate of drug-likeness (QED) is 0.442. The summed E-state index contributed by atoms with van der Waals surface area (Å²) in [6, 6.07) is 22.5. The van der Waals surface area contributed by atoms with Crippen LogP contribution in [-0.4, -0.2) is 35.2 Å². The molecule has 0 unspecified atom stereocenters. The van der Waals surface area contributed by atoms with E-state index in [0.717, 1.165) is 28.7 Å². The first-order valence-electron chi connectivity index (χ1n) is 11.7. The van der Waals surface area contributed by atoms with Gasteiger partial charge in [-0.1, -0.05) is 60.7 Å². The van der Waals surface area contributed by atoms with Crippen molar-refractivity contribution in [1.29, 1.82) is 0 Å². The number of aromatic carboxylic acids is 1. The van der Waals surface area contributed by atoms with Crippen molar-refractivity contribution in [2.45, 2.75) is 37.1 Å². The third kappa shape index (κ3) is 4.49. The zero-order chi connectivity index (χ0) is 24.4. The van der Waals surface area contributed by atoms with Crippen LogP contribution in [0.4, 0.5) is 10.5 Å². The molecule has 0 atom stereocenters. The third-order valence-electron chi connectivity index (χ3n) is 6.95. The maximum absolute atomic E-state index is 12.8. The van der Waals surface area contributed by atoms with E-state index in [9.17, 15) is 19.5 Å². The lowest BCUT2D eigenvalue weighted by Gasteiger charge is -2.41. The molecule has 35 heavy (non-hydrogen) atoms. The van der Waals surface area contributed by atoms with Gasteiger partial charge in [0.15, 0.2) is 0 Å². The van der Waals surface area contributed by atoms with Gasteiger partial charge in [-0.2, -0.15) is 0 Å². The molecule has 0 radical (unpaired) electrons. The average molecular weight is 471 g/mol. The number of carboxylic acid groups (broad SMARTS) is 1. The van der Waals surface area contributed by atoms with Crippen LogP contribution in [-0.2, 0) is 9.53 Å². The summed E-state index contributed by atoms with van der Waals surface area (Å²) in [5.74, 6) is -1.50. The Morgan fingerprint density at radius 3 is 2.09 bits per heavy atom. The molecule has 7 heteroatoms. The summed E-state index contributed by atoms with van der Waals surface area (Å²) in [5.41, 5.74) is 4.16. The van der Waals surface area contributed by atoms with Crippen molar-refractivity contribution in [2.24, 2.45) is 0 Å². The Morgan fingerprint density at radius 2 is 1.49 bits per heavy atom. The van der Waals surface area contributed by atoms with E-state index < -0.39 is 17.6 Å². The molecule has 3 N–H and O–H groups in total. The summed E-state index contributed by atoms with van der Waals surface area (Å²) in [6.07, 6.45) is 1.70. The lowest BCUT2D eigenvalue weighted by Crippen LogP contribution is -2.55. The summed E-state index contributed by atoms with van der Waals surface area (Å²) >= 11 is 0. The zero-order valence-corrected chi connectivity index (χ0v) is 19.1. The van der Waals surface area contributed by atoms with Crippen molar-refractivity contribution >= 4 is 23.7 Å². The Hall–Kier alpha value is -4.13. The molecular formula is C28H26N2O5. The van der Waals surface area contributed by atoms with Crippen LogP contribution >= 0.6 is 0 Å². The fourth-order valence-corrected chi connectivity index (χ4v) is 5.08. The van der Waals surface area contributed by atoms with E-state index >= 15 is 0 Å². The Balaban J connectivity index is 1.22. The highest BCUT2D eigenvalue weighted by Gasteiger charge is 2.41. The number of alkyl carbamates (subject to hydrolysis) is 1. The monoisotopic (exact) mass is 470 g/mol. The predicted molar refractivity (Wildman–Crippen MR) is 131 cm³/mol. The number of ether oxygens (including phenoxy) is 1. The van der Waals surface area contributed by atoms with Crippen molar-refractivity contribution in [3.63, 3.8) is 0 Å². The van der Waals surface area contributed by atoms with Crippen LogP contribution in [0.1, 0.15) is 53.1 Å². The number of carboxylic acids is 1. The topological polar surface area (TPSA) is 105 Å². The largest absolute Gasteiger partial charge is 0.478 e. The smallest absolute Gasteiger partial charge is 0.407 e. The van der Waals surface area contributed by atoms with Gasteiger partial charge in [-0.3, -0.25) is 4.79 Å². The molecule has 178 valence electrons. The van der Waals surface area contributed by atoms with E-state index in [0.29, 0.717) is 12.8 Å². The first kappa shape index (κ1) is 22.7. The molecule has 0 bridgehead atoms. The molecule has 0 saturated heterocycles. The fourth-order valence-electron chi connectivity index (χ4n) is 5.08. The lowest BCUT2D eigenvalue weighted by molar-refractivity contribution is -0.118. The molecule has 0 aromatic heterocycles. The van der Waals surface area contributed by atoms with Gasteiger partial charge in [-0.25, -0.2) is 9.59 Å². The van der Waals surface area contributed by atoms with Crippen LogP contribution in [0.15, 0.2) is 72.8 Å². The van der Waals surface area contributed by atoms with Crippen molar-refractivity contribution in [3.8, 4) is 11.1 Å². The zero-order valence-electron chi connectivity index (χ0n) is 19.1. The first-order valence-corrected chi connectivity index (χ1v) is 11.7. The standard InChI is InChI=1S/C28H26N2O5/c31-25(29-24-13-6-5-12-22(24)26(32)33)16-28(14-7-15-28)30-27(34)35-17-23-20-10-3-1-8-18(20)19-9-2-4-11-21(19)23/h1-6,8-13,23H,7,14-17H2,(H,29,31)(H,30,34)(H,32,33). The van der Waals surface area contributed by atoms with E-state index in [1.165, 1.54) is 6.07 Å². The highest BCUT2D eigenvalue weighted by atomic mass is 16.5. The number of carbonyl (C=O) groups excluding carboxylic acids is 2. The second-order valence-electron chi connectivity index (χ2n) is 9.16. The second-order valence-corrected chi connectivity index (χ2v) is 9.16. The van der Waals surface area contributed by atoms with Gasteiger partial charge in [0, 0.05) is 5.92 Å². The molecule has 2 amide bonds. The van der Waals surface area contributed by atoms with Gasteiger partial charge in [0.05, 0.1) is 23.2 Å². The third-order valence-corrected chi connectivity index (χ3v) is 6.95. The van der Waals surface area contributed by atoms with E-state index in [2.05, 4.69) is 34.9 Å². The van der Waals surface area contributed by atoms with Gasteiger partial charge in [0.25, 0.3) is 0 Å².